The van der Waals surface area contributed by atoms with Crippen LogP contribution in [-0.4, -0.2) is 44.6 Å². The Labute approximate surface area is 135 Å². The van der Waals surface area contributed by atoms with Gasteiger partial charge in [0.1, 0.15) is 6.04 Å². The summed E-state index contributed by atoms with van der Waals surface area (Å²) in [5.41, 5.74) is 0. The summed E-state index contributed by atoms with van der Waals surface area (Å²) < 4.78 is 5.14. The monoisotopic (exact) mass is 321 g/mol. The Morgan fingerprint density at radius 1 is 1.39 bits per heavy atom. The van der Waals surface area contributed by atoms with E-state index >= 15 is 0 Å². The molecule has 23 heavy (non-hydrogen) atoms. The van der Waals surface area contributed by atoms with Crippen LogP contribution in [0.5, 0.6) is 0 Å². The van der Waals surface area contributed by atoms with Crippen LogP contribution in [0.25, 0.3) is 0 Å². The van der Waals surface area contributed by atoms with Crippen molar-refractivity contribution in [2.75, 3.05) is 6.54 Å². The summed E-state index contributed by atoms with van der Waals surface area (Å²) in [4.78, 5) is 29.9. The van der Waals surface area contributed by atoms with Gasteiger partial charge in [0.15, 0.2) is 5.82 Å². The van der Waals surface area contributed by atoms with E-state index in [9.17, 15) is 14.7 Å². The van der Waals surface area contributed by atoms with Gasteiger partial charge < -0.3 is 14.5 Å². The number of hydrogen-bond donors (Lipinski definition) is 1. The van der Waals surface area contributed by atoms with Crippen molar-refractivity contribution < 1.29 is 19.2 Å². The zero-order valence-electron chi connectivity index (χ0n) is 13.6. The fourth-order valence-corrected chi connectivity index (χ4v) is 3.84. The topological polar surface area (TPSA) is 96.5 Å². The molecule has 0 radical (unpaired) electrons. The number of carbonyl (C=O) groups excluding carboxylic acids is 1. The summed E-state index contributed by atoms with van der Waals surface area (Å²) >= 11 is 0. The Bertz CT molecular complexity index is 598. The summed E-state index contributed by atoms with van der Waals surface area (Å²) in [5.74, 6) is 0.699. The molecule has 3 unspecified atom stereocenters. The molecule has 2 aliphatic rings. The Hall–Kier alpha value is -1.92. The molecule has 0 spiro atoms. The van der Waals surface area contributed by atoms with Gasteiger partial charge in [-0.2, -0.15) is 4.98 Å². The van der Waals surface area contributed by atoms with Crippen molar-refractivity contribution in [3.63, 3.8) is 0 Å². The molecule has 1 aliphatic carbocycles. The van der Waals surface area contributed by atoms with Crippen LogP contribution in [0.15, 0.2) is 4.52 Å². The lowest BCUT2D eigenvalue weighted by molar-refractivity contribution is -0.149. The van der Waals surface area contributed by atoms with Gasteiger partial charge in [0.2, 0.25) is 11.8 Å². The van der Waals surface area contributed by atoms with Crippen molar-refractivity contribution in [1.29, 1.82) is 0 Å². The zero-order chi connectivity index (χ0) is 16.6. The second-order valence-electron chi connectivity index (χ2n) is 6.89. The molecule has 7 nitrogen and oxygen atoms in total. The van der Waals surface area contributed by atoms with Crippen LogP contribution >= 0.6 is 0 Å². The Kier molecular flexibility index (Phi) is 4.37. The second-order valence-corrected chi connectivity index (χ2v) is 6.89. The molecule has 2 heterocycles. The molecule has 3 rings (SSSR count). The number of aryl methyl sites for hydroxylation is 1. The lowest BCUT2D eigenvalue weighted by atomic mass is 9.94. The molecule has 1 aromatic heterocycles. The van der Waals surface area contributed by atoms with Gasteiger partial charge in [0.25, 0.3) is 0 Å². The van der Waals surface area contributed by atoms with E-state index in [4.69, 9.17) is 4.52 Å². The van der Waals surface area contributed by atoms with Gasteiger partial charge in [0, 0.05) is 25.3 Å². The Morgan fingerprint density at radius 2 is 2.17 bits per heavy atom. The predicted octanol–water partition coefficient (Wildman–Crippen LogP) is 1.84. The minimum absolute atomic E-state index is 0.118. The maximum atomic E-state index is 12.5. The number of fused-ring (bicyclic) bond motifs is 1. The number of hydrogen-bond acceptors (Lipinski definition) is 5. The number of aliphatic carboxylic acids is 1. The van der Waals surface area contributed by atoms with Crippen LogP contribution in [0, 0.1) is 11.8 Å². The quantitative estimate of drug-likeness (QED) is 0.889. The molecule has 1 saturated heterocycles. The highest BCUT2D eigenvalue weighted by molar-refractivity contribution is 5.84. The number of carboxylic acid groups (broad SMARTS) is 1. The van der Waals surface area contributed by atoms with Crippen molar-refractivity contribution in [1.82, 2.24) is 15.0 Å². The summed E-state index contributed by atoms with van der Waals surface area (Å²) in [6.45, 7) is 4.52. The third-order valence-corrected chi connectivity index (χ3v) is 5.02. The number of likely N-dealkylation sites (tertiary alicyclic amines) is 1. The van der Waals surface area contributed by atoms with Crippen molar-refractivity contribution in [3.8, 4) is 0 Å². The minimum atomic E-state index is -0.882. The molecule has 0 bridgehead atoms. The molecular weight excluding hydrogens is 298 g/mol. The summed E-state index contributed by atoms with van der Waals surface area (Å²) in [6.07, 6.45) is 3.58. The molecule has 7 heteroatoms. The van der Waals surface area contributed by atoms with E-state index in [0.29, 0.717) is 30.6 Å². The third-order valence-electron chi connectivity index (χ3n) is 5.02. The standard InChI is InChI=1S/C16H23N3O4/c1-9(2)15-17-12(23-18-15)6-7-13(20)19-8-10-4-3-5-11(10)14(19)16(21)22/h9-11,14H,3-8H2,1-2H3,(H,21,22). The van der Waals surface area contributed by atoms with E-state index in [1.807, 2.05) is 13.8 Å². The highest BCUT2D eigenvalue weighted by Crippen LogP contribution is 2.42. The first kappa shape index (κ1) is 16.0. The van der Waals surface area contributed by atoms with Crippen molar-refractivity contribution in [2.45, 2.75) is 57.9 Å². The average Bonchev–Trinajstić information content (AvgIpc) is 3.18. The molecule has 126 valence electrons. The van der Waals surface area contributed by atoms with Gasteiger partial charge >= 0.3 is 5.97 Å². The maximum absolute atomic E-state index is 12.5. The number of aromatic nitrogens is 2. The third kappa shape index (κ3) is 3.09. The number of carboxylic acids is 1. The molecule has 3 atom stereocenters. The molecule has 1 aromatic rings. The number of amides is 1. The van der Waals surface area contributed by atoms with Crippen LogP contribution in [0.2, 0.25) is 0 Å². The van der Waals surface area contributed by atoms with E-state index in [1.165, 1.54) is 0 Å². The molecule has 1 aliphatic heterocycles. The molecule has 0 aromatic carbocycles. The van der Waals surface area contributed by atoms with Crippen LogP contribution in [0.3, 0.4) is 0 Å². The predicted molar refractivity (Wildman–Crippen MR) is 80.7 cm³/mol. The minimum Gasteiger partial charge on any atom is -0.480 e. The van der Waals surface area contributed by atoms with Crippen LogP contribution in [0.1, 0.15) is 57.2 Å². The van der Waals surface area contributed by atoms with E-state index in [0.717, 1.165) is 19.3 Å². The number of rotatable bonds is 5. The maximum Gasteiger partial charge on any atom is 0.326 e. The molecule has 2 fully saturated rings. The molecule has 1 amide bonds. The zero-order valence-corrected chi connectivity index (χ0v) is 13.6. The first-order valence-electron chi connectivity index (χ1n) is 8.32. The fraction of sp³-hybridized carbons (Fsp3) is 0.750. The molecule has 1 N–H and O–H groups in total. The van der Waals surface area contributed by atoms with Gasteiger partial charge in [-0.1, -0.05) is 25.4 Å². The van der Waals surface area contributed by atoms with E-state index in [1.54, 1.807) is 4.90 Å². The summed E-state index contributed by atoms with van der Waals surface area (Å²) in [5, 5.41) is 13.4. The van der Waals surface area contributed by atoms with Gasteiger partial charge in [-0.25, -0.2) is 4.79 Å². The molecular formula is C16H23N3O4. The fourth-order valence-electron chi connectivity index (χ4n) is 3.84. The summed E-state index contributed by atoms with van der Waals surface area (Å²) in [7, 11) is 0. The van der Waals surface area contributed by atoms with Gasteiger partial charge in [0.05, 0.1) is 0 Å². The highest BCUT2D eigenvalue weighted by Gasteiger charge is 2.49. The number of nitrogens with zero attached hydrogens (tertiary/aromatic N) is 3. The second kappa shape index (κ2) is 6.29. The Morgan fingerprint density at radius 3 is 2.83 bits per heavy atom. The summed E-state index contributed by atoms with van der Waals surface area (Å²) in [6, 6.07) is -0.663. The number of carbonyl (C=O) groups is 2. The Balaban J connectivity index is 1.62. The van der Waals surface area contributed by atoms with E-state index < -0.39 is 12.0 Å². The van der Waals surface area contributed by atoms with Crippen LogP contribution < -0.4 is 0 Å². The highest BCUT2D eigenvalue weighted by atomic mass is 16.5. The van der Waals surface area contributed by atoms with Crippen molar-refractivity contribution in [3.05, 3.63) is 11.7 Å². The van der Waals surface area contributed by atoms with Crippen molar-refractivity contribution >= 4 is 11.9 Å². The first-order valence-corrected chi connectivity index (χ1v) is 8.32. The van der Waals surface area contributed by atoms with Crippen molar-refractivity contribution in [2.24, 2.45) is 11.8 Å². The van der Waals surface area contributed by atoms with Gasteiger partial charge in [-0.15, -0.1) is 0 Å². The smallest absolute Gasteiger partial charge is 0.326 e. The first-order chi connectivity index (χ1) is 11.0. The lowest BCUT2D eigenvalue weighted by Gasteiger charge is -2.24. The van der Waals surface area contributed by atoms with Crippen LogP contribution in [0.4, 0.5) is 0 Å². The van der Waals surface area contributed by atoms with Gasteiger partial charge in [-0.05, 0) is 24.7 Å². The van der Waals surface area contributed by atoms with E-state index in [-0.39, 0.29) is 24.2 Å². The average molecular weight is 321 g/mol. The SMILES string of the molecule is CC(C)c1noc(CCC(=O)N2CC3CCCC3C2C(=O)O)n1. The largest absolute Gasteiger partial charge is 0.480 e. The van der Waals surface area contributed by atoms with E-state index in [2.05, 4.69) is 10.1 Å². The molecule has 1 saturated carbocycles. The normalized spacial score (nSPS) is 26.7. The van der Waals surface area contributed by atoms with Crippen LogP contribution in [-0.2, 0) is 16.0 Å². The van der Waals surface area contributed by atoms with Gasteiger partial charge in [-0.3, -0.25) is 4.79 Å². The lowest BCUT2D eigenvalue weighted by Crippen LogP contribution is -2.43.